The van der Waals surface area contributed by atoms with Crippen molar-refractivity contribution >= 4 is 33.6 Å². The van der Waals surface area contributed by atoms with Crippen LogP contribution >= 0.6 is 27.7 Å². The highest BCUT2D eigenvalue weighted by molar-refractivity contribution is 9.10. The molecule has 0 radical (unpaired) electrons. The molecule has 1 atom stereocenters. The summed E-state index contributed by atoms with van der Waals surface area (Å²) in [4.78, 5) is 12.1. The maximum Gasteiger partial charge on any atom is 0.251 e. The van der Waals surface area contributed by atoms with Gasteiger partial charge in [-0.2, -0.15) is 11.8 Å². The number of benzene rings is 1. The Bertz CT molecular complexity index is 412. The third-order valence-corrected chi connectivity index (χ3v) is 3.97. The van der Waals surface area contributed by atoms with E-state index < -0.39 is 0 Å². The molecular weight excluding hydrogens is 314 g/mol. The third-order valence-electron chi connectivity index (χ3n) is 2.61. The van der Waals surface area contributed by atoms with Gasteiger partial charge in [0.25, 0.3) is 5.91 Å². The van der Waals surface area contributed by atoms with Crippen LogP contribution in [-0.2, 0) is 0 Å². The number of hydrogen-bond acceptors (Lipinski definition) is 3. The largest absolute Gasteiger partial charge is 0.496 e. The molecule has 0 fully saturated rings. The van der Waals surface area contributed by atoms with Gasteiger partial charge in [-0.15, -0.1) is 0 Å². The number of methoxy groups -OCH3 is 1. The Labute approximate surface area is 121 Å². The first kappa shape index (κ1) is 15.4. The molecule has 0 bridgehead atoms. The molecule has 100 valence electrons. The molecule has 0 saturated heterocycles. The van der Waals surface area contributed by atoms with E-state index in [1.54, 1.807) is 37.1 Å². The van der Waals surface area contributed by atoms with Crippen molar-refractivity contribution in [3.63, 3.8) is 0 Å². The van der Waals surface area contributed by atoms with E-state index in [9.17, 15) is 4.79 Å². The van der Waals surface area contributed by atoms with E-state index in [0.29, 0.717) is 5.56 Å². The average molecular weight is 332 g/mol. The number of carbonyl (C=O) groups excluding carboxylic acids is 1. The first-order chi connectivity index (χ1) is 8.62. The second-order valence-electron chi connectivity index (χ2n) is 3.88. The number of nitrogens with one attached hydrogen (secondary N) is 1. The van der Waals surface area contributed by atoms with Crippen molar-refractivity contribution in [1.29, 1.82) is 0 Å². The van der Waals surface area contributed by atoms with Gasteiger partial charge in [-0.05, 0) is 46.8 Å². The van der Waals surface area contributed by atoms with Gasteiger partial charge in [0.05, 0.1) is 11.6 Å². The molecule has 3 nitrogen and oxygen atoms in total. The Hall–Kier alpha value is -0.680. The van der Waals surface area contributed by atoms with Gasteiger partial charge in [0.1, 0.15) is 5.75 Å². The molecule has 0 aromatic heterocycles. The fourth-order valence-corrected chi connectivity index (χ4v) is 2.80. The Balaban J connectivity index is 2.74. The summed E-state index contributed by atoms with van der Waals surface area (Å²) in [6.45, 7) is 2.07. The van der Waals surface area contributed by atoms with E-state index in [2.05, 4.69) is 28.2 Å². The number of carbonyl (C=O) groups is 1. The van der Waals surface area contributed by atoms with Crippen molar-refractivity contribution in [2.75, 3.05) is 19.1 Å². The van der Waals surface area contributed by atoms with Crippen LogP contribution in [0.2, 0.25) is 0 Å². The maximum absolute atomic E-state index is 12.1. The summed E-state index contributed by atoms with van der Waals surface area (Å²) >= 11 is 5.12. The summed E-state index contributed by atoms with van der Waals surface area (Å²) in [5, 5.41) is 3.03. The highest BCUT2D eigenvalue weighted by Gasteiger charge is 2.13. The first-order valence-corrected chi connectivity index (χ1v) is 7.94. The van der Waals surface area contributed by atoms with Crippen LogP contribution < -0.4 is 10.1 Å². The van der Waals surface area contributed by atoms with Crippen molar-refractivity contribution in [3.05, 3.63) is 28.2 Å². The lowest BCUT2D eigenvalue weighted by Crippen LogP contribution is -2.36. The fourth-order valence-electron chi connectivity index (χ4n) is 1.54. The molecule has 1 aromatic rings. The van der Waals surface area contributed by atoms with E-state index in [-0.39, 0.29) is 11.9 Å². The van der Waals surface area contributed by atoms with Crippen LogP contribution in [0.5, 0.6) is 5.75 Å². The smallest absolute Gasteiger partial charge is 0.251 e. The van der Waals surface area contributed by atoms with E-state index in [0.717, 1.165) is 22.4 Å². The van der Waals surface area contributed by atoms with Gasteiger partial charge in [0, 0.05) is 17.4 Å². The minimum absolute atomic E-state index is 0.0424. The predicted octanol–water partition coefficient (Wildman–Crippen LogP) is 3.33. The Morgan fingerprint density at radius 3 is 2.78 bits per heavy atom. The number of rotatable bonds is 6. The number of thioether (sulfide) groups is 1. The van der Waals surface area contributed by atoms with Crippen molar-refractivity contribution in [3.8, 4) is 5.75 Å². The molecule has 1 rings (SSSR count). The van der Waals surface area contributed by atoms with Gasteiger partial charge >= 0.3 is 0 Å². The number of amides is 1. The Kier molecular flexibility index (Phi) is 6.57. The third kappa shape index (κ3) is 4.21. The second-order valence-corrected chi connectivity index (χ2v) is 5.65. The SMILES string of the molecule is CCC(CSC)NC(=O)c1ccc(OC)c(Br)c1. The molecule has 1 N–H and O–H groups in total. The summed E-state index contributed by atoms with van der Waals surface area (Å²) in [5.74, 6) is 1.61. The summed E-state index contributed by atoms with van der Waals surface area (Å²) < 4.78 is 5.93. The summed E-state index contributed by atoms with van der Waals surface area (Å²) in [6, 6.07) is 5.55. The number of halogens is 1. The van der Waals surface area contributed by atoms with E-state index in [4.69, 9.17) is 4.74 Å². The van der Waals surface area contributed by atoms with Crippen LogP contribution in [0.25, 0.3) is 0 Å². The fraction of sp³-hybridized carbons (Fsp3) is 0.462. The van der Waals surface area contributed by atoms with Crippen LogP contribution in [0.1, 0.15) is 23.7 Å². The van der Waals surface area contributed by atoms with E-state index in [1.807, 2.05) is 6.26 Å². The lowest BCUT2D eigenvalue weighted by atomic mass is 10.2. The van der Waals surface area contributed by atoms with Crippen molar-refractivity contribution < 1.29 is 9.53 Å². The normalized spacial score (nSPS) is 12.0. The Morgan fingerprint density at radius 1 is 1.56 bits per heavy atom. The molecule has 1 unspecified atom stereocenters. The summed E-state index contributed by atoms with van der Waals surface area (Å²) in [5.41, 5.74) is 0.641. The molecule has 0 aliphatic carbocycles. The van der Waals surface area contributed by atoms with Gasteiger partial charge < -0.3 is 10.1 Å². The predicted molar refractivity (Wildman–Crippen MR) is 80.6 cm³/mol. The lowest BCUT2D eigenvalue weighted by Gasteiger charge is -2.16. The van der Waals surface area contributed by atoms with Gasteiger partial charge in [0.2, 0.25) is 0 Å². The monoisotopic (exact) mass is 331 g/mol. The van der Waals surface area contributed by atoms with Crippen molar-refractivity contribution in [1.82, 2.24) is 5.32 Å². The zero-order valence-electron chi connectivity index (χ0n) is 10.8. The van der Waals surface area contributed by atoms with Crippen LogP contribution in [0, 0.1) is 0 Å². The molecule has 5 heteroatoms. The Morgan fingerprint density at radius 2 is 2.28 bits per heavy atom. The maximum atomic E-state index is 12.1. The molecule has 0 spiro atoms. The number of hydrogen-bond donors (Lipinski definition) is 1. The van der Waals surface area contributed by atoms with Gasteiger partial charge in [-0.1, -0.05) is 6.92 Å². The molecule has 1 amide bonds. The standard InChI is InChI=1S/C13H18BrNO2S/c1-4-10(8-18-3)15-13(16)9-5-6-12(17-2)11(14)7-9/h5-7,10H,4,8H2,1-3H3,(H,15,16). The van der Waals surface area contributed by atoms with Crippen LogP contribution in [0.3, 0.4) is 0 Å². The number of ether oxygens (including phenoxy) is 1. The van der Waals surface area contributed by atoms with E-state index in [1.165, 1.54) is 0 Å². The minimum atomic E-state index is -0.0424. The molecule has 18 heavy (non-hydrogen) atoms. The molecule has 0 aliphatic rings. The van der Waals surface area contributed by atoms with E-state index >= 15 is 0 Å². The molecular formula is C13H18BrNO2S. The molecule has 0 aliphatic heterocycles. The zero-order valence-corrected chi connectivity index (χ0v) is 13.2. The first-order valence-electron chi connectivity index (χ1n) is 5.75. The average Bonchev–Trinajstić information content (AvgIpc) is 2.37. The van der Waals surface area contributed by atoms with Crippen molar-refractivity contribution in [2.24, 2.45) is 0 Å². The van der Waals surface area contributed by atoms with Crippen LogP contribution in [-0.4, -0.2) is 31.1 Å². The second kappa shape index (κ2) is 7.69. The molecule has 0 heterocycles. The lowest BCUT2D eigenvalue weighted by molar-refractivity contribution is 0.0940. The molecule has 0 saturated carbocycles. The van der Waals surface area contributed by atoms with Crippen LogP contribution in [0.4, 0.5) is 0 Å². The minimum Gasteiger partial charge on any atom is -0.496 e. The highest BCUT2D eigenvalue weighted by Crippen LogP contribution is 2.25. The van der Waals surface area contributed by atoms with Crippen molar-refractivity contribution in [2.45, 2.75) is 19.4 Å². The molecule has 1 aromatic carbocycles. The summed E-state index contributed by atoms with van der Waals surface area (Å²) in [7, 11) is 1.60. The van der Waals surface area contributed by atoms with Gasteiger partial charge in [-0.25, -0.2) is 0 Å². The van der Waals surface area contributed by atoms with Gasteiger partial charge in [-0.3, -0.25) is 4.79 Å². The van der Waals surface area contributed by atoms with Gasteiger partial charge in [0.15, 0.2) is 0 Å². The quantitative estimate of drug-likeness (QED) is 0.868. The van der Waals surface area contributed by atoms with Crippen LogP contribution in [0.15, 0.2) is 22.7 Å². The topological polar surface area (TPSA) is 38.3 Å². The summed E-state index contributed by atoms with van der Waals surface area (Å²) in [6.07, 6.45) is 2.97. The zero-order chi connectivity index (χ0) is 13.5. The highest BCUT2D eigenvalue weighted by atomic mass is 79.9.